The molecular weight excluding hydrogens is 428 g/mol. The lowest BCUT2D eigenvalue weighted by Crippen LogP contribution is -2.18. The number of halogens is 1. The molecule has 0 radical (unpaired) electrons. The average molecular weight is 443 g/mol. The van der Waals surface area contributed by atoms with Gasteiger partial charge in [0.1, 0.15) is 11.5 Å². The molecule has 142 valence electrons. The van der Waals surface area contributed by atoms with Crippen molar-refractivity contribution in [2.24, 2.45) is 5.10 Å². The normalized spacial score (nSPS) is 10.6. The van der Waals surface area contributed by atoms with Gasteiger partial charge in [0, 0.05) is 4.47 Å². The third-order valence-electron chi connectivity index (χ3n) is 3.60. The first-order valence-corrected chi connectivity index (χ1v) is 8.89. The summed E-state index contributed by atoms with van der Waals surface area (Å²) in [7, 11) is 1.49. The molecule has 0 bridgehead atoms. The molecule has 7 nitrogen and oxygen atoms in total. The van der Waals surface area contributed by atoms with Gasteiger partial charge < -0.3 is 13.9 Å². The quantitative estimate of drug-likeness (QED) is 0.269. The van der Waals surface area contributed by atoms with Crippen molar-refractivity contribution in [3.05, 3.63) is 82.2 Å². The molecule has 28 heavy (non-hydrogen) atoms. The summed E-state index contributed by atoms with van der Waals surface area (Å²) in [6.07, 6.45) is 2.87. The highest BCUT2D eigenvalue weighted by molar-refractivity contribution is 9.10. The van der Waals surface area contributed by atoms with Gasteiger partial charge in [-0.1, -0.05) is 15.9 Å². The smallest absolute Gasteiger partial charge is 0.379 e. The number of hydrogen-bond donors (Lipinski definition) is 1. The lowest BCUT2D eigenvalue weighted by molar-refractivity contribution is 0.0701. The van der Waals surface area contributed by atoms with Gasteiger partial charge in [-0.25, -0.2) is 10.2 Å². The van der Waals surface area contributed by atoms with E-state index < -0.39 is 11.9 Å². The Bertz CT molecular complexity index is 998. The van der Waals surface area contributed by atoms with Crippen molar-refractivity contribution in [1.82, 2.24) is 5.43 Å². The van der Waals surface area contributed by atoms with E-state index in [0.29, 0.717) is 22.6 Å². The SMILES string of the molecule is COc1ccc(Br)cc1C(=O)N/N=C\c1ccc(OC(=O)c2ccco2)cc1. The number of esters is 1. The average Bonchev–Trinajstić information content (AvgIpc) is 3.24. The molecule has 1 N–H and O–H groups in total. The van der Waals surface area contributed by atoms with E-state index in [0.717, 1.165) is 4.47 Å². The predicted octanol–water partition coefficient (Wildman–Crippen LogP) is 4.03. The number of carbonyl (C=O) groups excluding carboxylic acids is 2. The van der Waals surface area contributed by atoms with Crippen LogP contribution in [0.15, 0.2) is 74.9 Å². The van der Waals surface area contributed by atoms with Crippen LogP contribution in [0.5, 0.6) is 11.5 Å². The molecule has 3 rings (SSSR count). The fourth-order valence-electron chi connectivity index (χ4n) is 2.26. The summed E-state index contributed by atoms with van der Waals surface area (Å²) in [5.41, 5.74) is 3.51. The van der Waals surface area contributed by atoms with Gasteiger partial charge in [-0.2, -0.15) is 5.10 Å². The minimum atomic E-state index is -0.582. The maximum absolute atomic E-state index is 12.3. The first-order chi connectivity index (χ1) is 13.6. The first kappa shape index (κ1) is 19.4. The number of amides is 1. The second-order valence-corrected chi connectivity index (χ2v) is 6.40. The molecule has 0 unspecified atom stereocenters. The summed E-state index contributed by atoms with van der Waals surface area (Å²) in [6.45, 7) is 0. The molecule has 0 atom stereocenters. The van der Waals surface area contributed by atoms with Gasteiger partial charge in [0.15, 0.2) is 0 Å². The number of nitrogens with zero attached hydrogens (tertiary/aromatic N) is 1. The van der Waals surface area contributed by atoms with Crippen molar-refractivity contribution in [3.8, 4) is 11.5 Å². The second-order valence-electron chi connectivity index (χ2n) is 5.48. The first-order valence-electron chi connectivity index (χ1n) is 8.09. The number of rotatable bonds is 6. The fraction of sp³-hybridized carbons (Fsp3) is 0.0500. The van der Waals surface area contributed by atoms with E-state index in [4.69, 9.17) is 13.9 Å². The van der Waals surface area contributed by atoms with Crippen LogP contribution < -0.4 is 14.9 Å². The van der Waals surface area contributed by atoms with Gasteiger partial charge in [-0.3, -0.25) is 4.79 Å². The molecular formula is C20H15BrN2O5. The Hall–Kier alpha value is -3.39. The van der Waals surface area contributed by atoms with Crippen molar-refractivity contribution >= 4 is 34.0 Å². The lowest BCUT2D eigenvalue weighted by atomic mass is 10.2. The molecule has 8 heteroatoms. The van der Waals surface area contributed by atoms with Crippen molar-refractivity contribution < 1.29 is 23.5 Å². The van der Waals surface area contributed by atoms with Gasteiger partial charge in [-0.05, 0) is 60.2 Å². The zero-order valence-corrected chi connectivity index (χ0v) is 16.3. The van der Waals surface area contributed by atoms with Gasteiger partial charge in [0.05, 0.1) is 25.2 Å². The Labute approximate surface area is 169 Å². The van der Waals surface area contributed by atoms with Crippen LogP contribution in [0.1, 0.15) is 26.5 Å². The molecule has 0 aliphatic rings. The van der Waals surface area contributed by atoms with Crippen LogP contribution in [0.2, 0.25) is 0 Å². The highest BCUT2D eigenvalue weighted by atomic mass is 79.9. The molecule has 1 heterocycles. The van der Waals surface area contributed by atoms with Gasteiger partial charge in [0.2, 0.25) is 5.76 Å². The highest BCUT2D eigenvalue weighted by Crippen LogP contribution is 2.22. The summed E-state index contributed by atoms with van der Waals surface area (Å²) >= 11 is 3.32. The third-order valence-corrected chi connectivity index (χ3v) is 4.09. The zero-order chi connectivity index (χ0) is 19.9. The number of methoxy groups -OCH3 is 1. The number of hydrogen-bond acceptors (Lipinski definition) is 6. The van der Waals surface area contributed by atoms with Gasteiger partial charge in [0.25, 0.3) is 5.91 Å². The number of benzene rings is 2. The molecule has 0 saturated carbocycles. The number of nitrogens with one attached hydrogen (secondary N) is 1. The van der Waals surface area contributed by atoms with E-state index >= 15 is 0 Å². The summed E-state index contributed by atoms with van der Waals surface area (Å²) in [5.74, 6) is -0.0588. The molecule has 0 spiro atoms. The summed E-state index contributed by atoms with van der Waals surface area (Å²) in [4.78, 5) is 24.1. The Morgan fingerprint density at radius 1 is 1.14 bits per heavy atom. The van der Waals surface area contributed by atoms with Crippen LogP contribution in [0.3, 0.4) is 0 Å². The molecule has 2 aromatic carbocycles. The minimum Gasteiger partial charge on any atom is -0.496 e. The largest absolute Gasteiger partial charge is 0.496 e. The van der Waals surface area contributed by atoms with Crippen molar-refractivity contribution in [2.75, 3.05) is 7.11 Å². The molecule has 0 fully saturated rings. The number of hydrazone groups is 1. The van der Waals surface area contributed by atoms with Crippen molar-refractivity contribution in [1.29, 1.82) is 0 Å². The topological polar surface area (TPSA) is 90.1 Å². The van der Waals surface area contributed by atoms with E-state index in [9.17, 15) is 9.59 Å². The Kier molecular flexibility index (Phi) is 6.23. The van der Waals surface area contributed by atoms with E-state index in [2.05, 4.69) is 26.5 Å². The molecule has 0 aliphatic heterocycles. The van der Waals surface area contributed by atoms with Crippen molar-refractivity contribution in [2.45, 2.75) is 0 Å². The van der Waals surface area contributed by atoms with Crippen LogP contribution in [-0.2, 0) is 0 Å². The predicted molar refractivity (Wildman–Crippen MR) is 106 cm³/mol. The van der Waals surface area contributed by atoms with Crippen LogP contribution in [0, 0.1) is 0 Å². The number of furan rings is 1. The summed E-state index contributed by atoms with van der Waals surface area (Å²) < 4.78 is 16.1. The Morgan fingerprint density at radius 2 is 1.93 bits per heavy atom. The molecule has 3 aromatic rings. The molecule has 1 amide bonds. The molecule has 0 aliphatic carbocycles. The van der Waals surface area contributed by atoms with Gasteiger partial charge in [-0.15, -0.1) is 0 Å². The highest BCUT2D eigenvalue weighted by Gasteiger charge is 2.12. The fourth-order valence-corrected chi connectivity index (χ4v) is 2.62. The van der Waals surface area contributed by atoms with Crippen LogP contribution in [0.25, 0.3) is 0 Å². The van der Waals surface area contributed by atoms with E-state index in [1.165, 1.54) is 25.7 Å². The van der Waals surface area contributed by atoms with Crippen LogP contribution >= 0.6 is 15.9 Å². The third kappa shape index (κ3) is 4.86. The summed E-state index contributed by atoms with van der Waals surface area (Å²) in [6, 6.07) is 14.8. The van der Waals surface area contributed by atoms with E-state index in [1.807, 2.05) is 0 Å². The van der Waals surface area contributed by atoms with E-state index in [-0.39, 0.29) is 5.76 Å². The second kappa shape index (κ2) is 9.01. The van der Waals surface area contributed by atoms with Gasteiger partial charge >= 0.3 is 5.97 Å². The van der Waals surface area contributed by atoms with Crippen LogP contribution in [0.4, 0.5) is 0 Å². The molecule has 0 saturated heterocycles. The zero-order valence-electron chi connectivity index (χ0n) is 14.7. The maximum atomic E-state index is 12.3. The number of carbonyl (C=O) groups is 2. The monoisotopic (exact) mass is 442 g/mol. The maximum Gasteiger partial charge on any atom is 0.379 e. The minimum absolute atomic E-state index is 0.122. The van der Waals surface area contributed by atoms with Crippen LogP contribution in [-0.4, -0.2) is 25.2 Å². The Morgan fingerprint density at radius 3 is 2.61 bits per heavy atom. The Balaban J connectivity index is 1.59. The number of ether oxygens (including phenoxy) is 2. The van der Waals surface area contributed by atoms with E-state index in [1.54, 1.807) is 48.5 Å². The summed E-state index contributed by atoms with van der Waals surface area (Å²) in [5, 5.41) is 3.94. The lowest BCUT2D eigenvalue weighted by Gasteiger charge is -2.07. The molecule has 1 aromatic heterocycles. The van der Waals surface area contributed by atoms with Crippen molar-refractivity contribution in [3.63, 3.8) is 0 Å². The standard InChI is InChI=1S/C20H15BrN2O5/c1-26-17-9-6-14(21)11-16(17)19(24)23-22-12-13-4-7-15(8-5-13)28-20(25)18-3-2-10-27-18/h2-12H,1H3,(H,23,24)/b22-12-.